The fourth-order valence-electron chi connectivity index (χ4n) is 3.50. The van der Waals surface area contributed by atoms with Crippen molar-refractivity contribution in [1.29, 1.82) is 0 Å². The smallest absolute Gasteiger partial charge is 1.00 e. The standard InChI is InChI=1S/C24H20P.2FH/c1-5-13-21(14-6-1)25(22-15-7-2-8-16-22,23-17-9-3-10-18-23)24-19-11-4-12-20-24;;/h1-20H;2*1H/q+1;;/p-1. The van der Waals surface area contributed by atoms with Gasteiger partial charge in [-0.15, -0.1) is 0 Å². The Morgan fingerprint density at radius 1 is 0.333 bits per heavy atom. The van der Waals surface area contributed by atoms with Gasteiger partial charge in [0.15, 0.2) is 0 Å². The molecule has 0 fully saturated rings. The molecule has 0 heterocycles. The summed E-state index contributed by atoms with van der Waals surface area (Å²) in [4.78, 5) is 0. The fourth-order valence-corrected chi connectivity index (χ4v) is 7.77. The highest BCUT2D eigenvalue weighted by molar-refractivity contribution is 8.01. The molecule has 27 heavy (non-hydrogen) atoms. The minimum absolute atomic E-state index is 0. The number of hydrogen-bond donors (Lipinski definition) is 0. The zero-order valence-electron chi connectivity index (χ0n) is 15.8. The number of rotatable bonds is 4. The molecule has 0 bridgehead atoms. The SMILES string of the molecule is [F-].[F-].[H+].c1ccc([P+](c2ccccc2)(c2ccccc2)c2ccccc2)cc1. The van der Waals surface area contributed by atoms with Crippen LogP contribution in [0.4, 0.5) is 0 Å². The molecular formula is C24H21F2P. The topological polar surface area (TPSA) is 0 Å². The van der Waals surface area contributed by atoms with Crippen molar-refractivity contribution in [2.24, 2.45) is 0 Å². The molecule has 0 radical (unpaired) electrons. The first-order chi connectivity index (χ1) is 12.4. The van der Waals surface area contributed by atoms with E-state index in [4.69, 9.17) is 0 Å². The average molecular weight is 378 g/mol. The molecule has 0 saturated heterocycles. The van der Waals surface area contributed by atoms with Crippen LogP contribution in [0, 0.1) is 0 Å². The second-order valence-corrected chi connectivity index (χ2v) is 9.42. The summed E-state index contributed by atoms with van der Waals surface area (Å²) in [5.74, 6) is 0. The molecular weight excluding hydrogens is 357 g/mol. The van der Waals surface area contributed by atoms with E-state index in [1.165, 1.54) is 21.2 Å². The van der Waals surface area contributed by atoms with Crippen LogP contribution in [0.3, 0.4) is 0 Å². The summed E-state index contributed by atoms with van der Waals surface area (Å²) < 4.78 is 0. The van der Waals surface area contributed by atoms with Crippen molar-refractivity contribution in [2.75, 3.05) is 0 Å². The maximum Gasteiger partial charge on any atom is 1.00 e. The van der Waals surface area contributed by atoms with Crippen LogP contribution in [-0.2, 0) is 0 Å². The first kappa shape index (κ1) is 20.5. The van der Waals surface area contributed by atoms with E-state index in [2.05, 4.69) is 121 Å². The lowest BCUT2D eigenvalue weighted by Crippen LogP contribution is -3.00. The van der Waals surface area contributed by atoms with Crippen molar-refractivity contribution in [2.45, 2.75) is 0 Å². The molecule has 0 nitrogen and oxygen atoms in total. The molecule has 0 aromatic heterocycles. The molecule has 0 aliphatic rings. The Morgan fingerprint density at radius 3 is 0.704 bits per heavy atom. The quantitative estimate of drug-likeness (QED) is 0.377. The third-order valence-electron chi connectivity index (χ3n) is 4.57. The van der Waals surface area contributed by atoms with E-state index in [-0.39, 0.29) is 10.8 Å². The van der Waals surface area contributed by atoms with Crippen molar-refractivity contribution in [3.05, 3.63) is 121 Å². The minimum atomic E-state index is -1.91. The van der Waals surface area contributed by atoms with E-state index < -0.39 is 7.26 Å². The van der Waals surface area contributed by atoms with Gasteiger partial charge in [-0.1, -0.05) is 72.8 Å². The Morgan fingerprint density at radius 2 is 0.519 bits per heavy atom. The van der Waals surface area contributed by atoms with Gasteiger partial charge in [0.25, 0.3) is 0 Å². The molecule has 0 saturated carbocycles. The molecule has 4 aromatic rings. The van der Waals surface area contributed by atoms with Gasteiger partial charge in [0, 0.05) is 0 Å². The zero-order valence-corrected chi connectivity index (χ0v) is 15.6. The lowest BCUT2D eigenvalue weighted by Gasteiger charge is -2.27. The van der Waals surface area contributed by atoms with Crippen LogP contribution >= 0.6 is 7.26 Å². The minimum Gasteiger partial charge on any atom is -1.00 e. The first-order valence-electron chi connectivity index (χ1n) is 8.54. The van der Waals surface area contributed by atoms with Crippen LogP contribution in [-0.4, -0.2) is 0 Å². The second kappa shape index (κ2) is 9.21. The maximum absolute atomic E-state index is 2.28. The largest absolute Gasteiger partial charge is 1.00 e. The summed E-state index contributed by atoms with van der Waals surface area (Å²) in [5.41, 5.74) is 0. The van der Waals surface area contributed by atoms with Crippen LogP contribution < -0.4 is 30.6 Å². The van der Waals surface area contributed by atoms with E-state index in [9.17, 15) is 0 Å². The van der Waals surface area contributed by atoms with Crippen molar-refractivity contribution >= 4 is 28.5 Å². The Balaban J connectivity index is 0.00000131. The van der Waals surface area contributed by atoms with Crippen LogP contribution in [0.25, 0.3) is 0 Å². The predicted molar refractivity (Wildman–Crippen MR) is 112 cm³/mol. The Hall–Kier alpha value is -2.83. The Labute approximate surface area is 161 Å². The van der Waals surface area contributed by atoms with E-state index in [1.54, 1.807) is 0 Å². The highest BCUT2D eigenvalue weighted by Gasteiger charge is 2.47. The van der Waals surface area contributed by atoms with Crippen LogP contribution in [0.15, 0.2) is 121 Å². The molecule has 0 unspecified atom stereocenters. The van der Waals surface area contributed by atoms with Crippen LogP contribution in [0.2, 0.25) is 0 Å². The average Bonchev–Trinajstić information content (AvgIpc) is 2.72. The molecule has 0 aliphatic heterocycles. The molecule has 0 aliphatic carbocycles. The molecule has 0 N–H and O–H groups in total. The summed E-state index contributed by atoms with van der Waals surface area (Å²) in [6, 6.07) is 43.8. The summed E-state index contributed by atoms with van der Waals surface area (Å²) in [5, 5.41) is 5.55. The van der Waals surface area contributed by atoms with Crippen LogP contribution in [0.5, 0.6) is 0 Å². The summed E-state index contributed by atoms with van der Waals surface area (Å²) in [7, 11) is -1.91. The van der Waals surface area contributed by atoms with Crippen molar-refractivity contribution in [3.8, 4) is 0 Å². The fraction of sp³-hybridized carbons (Fsp3) is 0. The zero-order chi connectivity index (χ0) is 17.0. The third-order valence-corrected chi connectivity index (χ3v) is 8.86. The monoisotopic (exact) mass is 378 g/mol. The molecule has 4 aromatic carbocycles. The highest BCUT2D eigenvalue weighted by Crippen LogP contribution is 2.53. The summed E-state index contributed by atoms with van der Waals surface area (Å²) >= 11 is 0. The van der Waals surface area contributed by atoms with Gasteiger partial charge in [-0.3, -0.25) is 0 Å². The first-order valence-corrected chi connectivity index (χ1v) is 10.3. The Bertz CT molecular complexity index is 770. The van der Waals surface area contributed by atoms with E-state index in [0.29, 0.717) is 0 Å². The maximum atomic E-state index is 2.28. The molecule has 3 heteroatoms. The van der Waals surface area contributed by atoms with Gasteiger partial charge < -0.3 is 9.41 Å². The normalized spacial score (nSPS) is 10.4. The van der Waals surface area contributed by atoms with E-state index in [1.807, 2.05) is 0 Å². The number of halogens is 2. The lowest BCUT2D eigenvalue weighted by atomic mass is 10.3. The predicted octanol–water partition coefficient (Wildman–Crippen LogP) is -1.57. The molecule has 0 atom stereocenters. The second-order valence-electron chi connectivity index (χ2n) is 6.01. The van der Waals surface area contributed by atoms with Crippen molar-refractivity contribution in [3.63, 3.8) is 0 Å². The van der Waals surface area contributed by atoms with Gasteiger partial charge in [0.05, 0.1) is 0 Å². The van der Waals surface area contributed by atoms with Gasteiger partial charge in [-0.2, -0.15) is 0 Å². The summed E-state index contributed by atoms with van der Waals surface area (Å²) in [6.45, 7) is 0. The van der Waals surface area contributed by atoms with Crippen molar-refractivity contribution < 1.29 is 10.8 Å². The lowest BCUT2D eigenvalue weighted by molar-refractivity contribution is -0.00100. The number of benzene rings is 4. The van der Waals surface area contributed by atoms with Gasteiger partial charge >= 0.3 is 1.43 Å². The van der Waals surface area contributed by atoms with Gasteiger partial charge in [0.2, 0.25) is 0 Å². The number of hydrogen-bond acceptors (Lipinski definition) is 0. The van der Waals surface area contributed by atoms with Gasteiger partial charge in [-0.05, 0) is 48.5 Å². The highest BCUT2D eigenvalue weighted by atomic mass is 31.2. The van der Waals surface area contributed by atoms with E-state index >= 15 is 0 Å². The van der Waals surface area contributed by atoms with Crippen LogP contribution in [0.1, 0.15) is 1.43 Å². The molecule has 4 rings (SSSR count). The Kier molecular flexibility index (Phi) is 6.98. The molecule has 0 spiro atoms. The van der Waals surface area contributed by atoms with Gasteiger partial charge in [-0.25, -0.2) is 0 Å². The van der Waals surface area contributed by atoms with E-state index in [0.717, 1.165) is 0 Å². The van der Waals surface area contributed by atoms with Gasteiger partial charge in [0.1, 0.15) is 28.5 Å². The molecule has 136 valence electrons. The summed E-state index contributed by atoms with van der Waals surface area (Å²) in [6.07, 6.45) is 0. The third kappa shape index (κ3) is 3.67. The molecule has 0 amide bonds. The van der Waals surface area contributed by atoms with Crippen molar-refractivity contribution in [1.82, 2.24) is 0 Å².